The number of Topliss-reactive ketones (excluding diaryl/α,β-unsaturated/α-hetero) is 2. The molecule has 2 rings (SSSR count). The van der Waals surface area contributed by atoms with Crippen molar-refractivity contribution in [1.82, 2.24) is 0 Å². The molecule has 79 valence electrons. The zero-order valence-corrected chi connectivity index (χ0v) is 8.94. The molecule has 1 aromatic rings. The summed E-state index contributed by atoms with van der Waals surface area (Å²) in [5.41, 5.74) is 1.23. The molecular formula is C14H11O2. The number of carbonyl (C=O) groups is 2. The highest BCUT2D eigenvalue weighted by atomic mass is 16.1. The van der Waals surface area contributed by atoms with Crippen molar-refractivity contribution in [3.05, 3.63) is 67.0 Å². The van der Waals surface area contributed by atoms with Crippen LogP contribution in [0.2, 0.25) is 0 Å². The van der Waals surface area contributed by atoms with Crippen molar-refractivity contribution >= 4 is 11.6 Å². The van der Waals surface area contributed by atoms with Gasteiger partial charge in [-0.2, -0.15) is 0 Å². The Morgan fingerprint density at radius 2 is 1.38 bits per heavy atom. The van der Waals surface area contributed by atoms with Crippen LogP contribution >= 0.6 is 0 Å². The van der Waals surface area contributed by atoms with Gasteiger partial charge in [-0.1, -0.05) is 24.3 Å². The van der Waals surface area contributed by atoms with Crippen LogP contribution in [0.3, 0.4) is 0 Å². The van der Waals surface area contributed by atoms with E-state index in [1.54, 1.807) is 37.1 Å². The van der Waals surface area contributed by atoms with Gasteiger partial charge in [0.1, 0.15) is 0 Å². The van der Waals surface area contributed by atoms with Crippen LogP contribution in [-0.4, -0.2) is 11.6 Å². The number of rotatable bonds is 3. The van der Waals surface area contributed by atoms with E-state index in [4.69, 9.17) is 0 Å². The predicted molar refractivity (Wildman–Crippen MR) is 61.2 cm³/mol. The lowest BCUT2D eigenvalue weighted by Crippen LogP contribution is -2.09. The van der Waals surface area contributed by atoms with E-state index in [0.29, 0.717) is 17.0 Å². The highest BCUT2D eigenvalue weighted by Crippen LogP contribution is 2.26. The molecule has 1 fully saturated rings. The Bertz CT molecular complexity index is 397. The first kappa shape index (κ1) is 11.1. The standard InChI is InChI=1S/C14H11O2/c1-10(15)11-6-8-13(9-7-11)14(16)12-4-2-3-5-12/h2-9H,1H3. The van der Waals surface area contributed by atoms with Crippen molar-refractivity contribution < 1.29 is 9.59 Å². The Morgan fingerprint density at radius 1 is 0.875 bits per heavy atom. The first-order chi connectivity index (χ1) is 7.68. The SMILES string of the molecule is CC(=O)c1ccc(C(=O)[C]2[CH][CH][CH][CH]2)cc1. The Labute approximate surface area is 95.7 Å². The van der Waals surface area contributed by atoms with Crippen LogP contribution in [0.4, 0.5) is 0 Å². The molecule has 2 heteroatoms. The molecule has 0 atom stereocenters. The van der Waals surface area contributed by atoms with Crippen molar-refractivity contribution in [2.24, 2.45) is 0 Å². The van der Waals surface area contributed by atoms with Gasteiger partial charge in [-0.3, -0.25) is 9.59 Å². The topological polar surface area (TPSA) is 34.1 Å². The van der Waals surface area contributed by atoms with E-state index in [1.165, 1.54) is 6.92 Å². The average Bonchev–Trinajstić information content (AvgIpc) is 2.81. The monoisotopic (exact) mass is 211 g/mol. The number of hydrogen-bond donors (Lipinski definition) is 0. The maximum atomic E-state index is 11.9. The first-order valence-corrected chi connectivity index (χ1v) is 5.06. The highest BCUT2D eigenvalue weighted by molar-refractivity contribution is 6.10. The van der Waals surface area contributed by atoms with Gasteiger partial charge in [0, 0.05) is 11.1 Å². The summed E-state index contributed by atoms with van der Waals surface area (Å²) >= 11 is 0. The summed E-state index contributed by atoms with van der Waals surface area (Å²) in [5.74, 6) is 0.669. The fourth-order valence-electron chi connectivity index (χ4n) is 1.55. The van der Waals surface area contributed by atoms with Gasteiger partial charge in [-0.25, -0.2) is 0 Å². The van der Waals surface area contributed by atoms with Gasteiger partial charge in [0.25, 0.3) is 0 Å². The normalized spacial score (nSPS) is 16.3. The average molecular weight is 211 g/mol. The Hall–Kier alpha value is -1.44. The lowest BCUT2D eigenvalue weighted by Gasteiger charge is -2.06. The quantitative estimate of drug-likeness (QED) is 0.720. The molecule has 0 saturated heterocycles. The second-order valence-electron chi connectivity index (χ2n) is 3.64. The third-order valence-electron chi connectivity index (χ3n) is 2.48. The molecule has 1 aliphatic rings. The summed E-state index contributed by atoms with van der Waals surface area (Å²) in [5, 5.41) is 0. The smallest absolute Gasteiger partial charge is 0.170 e. The zero-order valence-electron chi connectivity index (χ0n) is 8.94. The lowest BCUT2D eigenvalue weighted by molar-refractivity contribution is 0.100. The van der Waals surface area contributed by atoms with Crippen LogP contribution in [0.25, 0.3) is 0 Å². The van der Waals surface area contributed by atoms with Gasteiger partial charge < -0.3 is 0 Å². The molecule has 5 radical (unpaired) electrons. The molecule has 0 N–H and O–H groups in total. The lowest BCUT2D eigenvalue weighted by atomic mass is 9.95. The molecule has 0 bridgehead atoms. The number of hydrogen-bond acceptors (Lipinski definition) is 2. The third-order valence-corrected chi connectivity index (χ3v) is 2.48. The van der Waals surface area contributed by atoms with Crippen molar-refractivity contribution in [3.63, 3.8) is 0 Å². The molecule has 16 heavy (non-hydrogen) atoms. The van der Waals surface area contributed by atoms with Crippen LogP contribution in [0, 0.1) is 31.6 Å². The summed E-state index contributed by atoms with van der Waals surface area (Å²) in [6, 6.07) is 6.73. The molecule has 0 aromatic heterocycles. The predicted octanol–water partition coefficient (Wildman–Crippen LogP) is 2.48. The molecule has 0 spiro atoms. The minimum absolute atomic E-state index is 0.00677. The van der Waals surface area contributed by atoms with Gasteiger partial charge in [-0.15, -0.1) is 0 Å². The number of benzene rings is 1. The molecule has 0 heterocycles. The molecule has 0 amide bonds. The Kier molecular flexibility index (Phi) is 3.18. The van der Waals surface area contributed by atoms with E-state index in [0.717, 1.165) is 0 Å². The number of carbonyl (C=O) groups excluding carboxylic acids is 2. The van der Waals surface area contributed by atoms with Crippen LogP contribution in [-0.2, 0) is 0 Å². The van der Waals surface area contributed by atoms with Crippen molar-refractivity contribution in [2.75, 3.05) is 0 Å². The second-order valence-corrected chi connectivity index (χ2v) is 3.64. The van der Waals surface area contributed by atoms with E-state index >= 15 is 0 Å². The zero-order chi connectivity index (χ0) is 11.5. The van der Waals surface area contributed by atoms with Crippen LogP contribution < -0.4 is 0 Å². The van der Waals surface area contributed by atoms with Crippen molar-refractivity contribution in [2.45, 2.75) is 6.92 Å². The molecule has 0 aliphatic heterocycles. The number of ketones is 2. The van der Waals surface area contributed by atoms with Crippen LogP contribution in [0.5, 0.6) is 0 Å². The molecular weight excluding hydrogens is 200 g/mol. The minimum atomic E-state index is -0.0138. The summed E-state index contributed by atoms with van der Waals surface area (Å²) in [6.45, 7) is 1.51. The maximum absolute atomic E-state index is 11.9. The Morgan fingerprint density at radius 3 is 1.88 bits per heavy atom. The molecule has 1 saturated carbocycles. The molecule has 1 aliphatic carbocycles. The van der Waals surface area contributed by atoms with Crippen LogP contribution in [0.15, 0.2) is 24.3 Å². The summed E-state index contributed by atoms with van der Waals surface area (Å²) < 4.78 is 0. The van der Waals surface area contributed by atoms with Gasteiger partial charge in [0.05, 0.1) is 5.92 Å². The van der Waals surface area contributed by atoms with Crippen molar-refractivity contribution in [1.29, 1.82) is 0 Å². The first-order valence-electron chi connectivity index (χ1n) is 5.06. The van der Waals surface area contributed by atoms with E-state index < -0.39 is 0 Å². The summed E-state index contributed by atoms with van der Waals surface area (Å²) in [4.78, 5) is 23.0. The second kappa shape index (κ2) is 4.60. The molecule has 2 nitrogen and oxygen atoms in total. The maximum Gasteiger partial charge on any atom is 0.170 e. The van der Waals surface area contributed by atoms with Gasteiger partial charge >= 0.3 is 0 Å². The van der Waals surface area contributed by atoms with Gasteiger partial charge in [0.15, 0.2) is 11.6 Å². The van der Waals surface area contributed by atoms with E-state index in [1.807, 2.05) is 12.8 Å². The molecule has 0 unspecified atom stereocenters. The van der Waals surface area contributed by atoms with Gasteiger partial charge in [0.2, 0.25) is 0 Å². The summed E-state index contributed by atoms with van der Waals surface area (Å²) in [6.07, 6.45) is 7.22. The Balaban J connectivity index is 2.14. The third kappa shape index (κ3) is 2.21. The van der Waals surface area contributed by atoms with Gasteiger partial charge in [-0.05, 0) is 32.6 Å². The van der Waals surface area contributed by atoms with E-state index in [-0.39, 0.29) is 11.6 Å². The van der Waals surface area contributed by atoms with E-state index in [2.05, 4.69) is 0 Å². The highest BCUT2D eigenvalue weighted by Gasteiger charge is 2.25. The molecule has 1 aromatic carbocycles. The van der Waals surface area contributed by atoms with E-state index in [9.17, 15) is 9.59 Å². The van der Waals surface area contributed by atoms with Crippen LogP contribution in [0.1, 0.15) is 27.6 Å². The van der Waals surface area contributed by atoms with Crippen molar-refractivity contribution in [3.8, 4) is 0 Å². The fraction of sp³-hybridized carbons (Fsp3) is 0.0714. The fourth-order valence-corrected chi connectivity index (χ4v) is 1.55. The summed E-state index contributed by atoms with van der Waals surface area (Å²) in [7, 11) is 0. The minimum Gasteiger partial charge on any atom is -0.295 e. The largest absolute Gasteiger partial charge is 0.295 e.